The molecular formula is C12H17Cl2N3S. The van der Waals surface area contributed by atoms with E-state index in [4.69, 9.17) is 23.2 Å². The lowest BCUT2D eigenvalue weighted by Crippen LogP contribution is -2.17. The number of hydrogen-bond acceptors (Lipinski definition) is 4. The van der Waals surface area contributed by atoms with Gasteiger partial charge in [0.25, 0.3) is 0 Å². The second-order valence-electron chi connectivity index (χ2n) is 4.41. The summed E-state index contributed by atoms with van der Waals surface area (Å²) in [4.78, 5) is 4.41. The summed E-state index contributed by atoms with van der Waals surface area (Å²) in [5, 5.41) is 8.25. The predicted molar refractivity (Wildman–Crippen MR) is 82.4 cm³/mol. The smallest absolute Gasteiger partial charge is 0.147 e. The van der Waals surface area contributed by atoms with Gasteiger partial charge in [-0.25, -0.2) is 4.98 Å². The summed E-state index contributed by atoms with van der Waals surface area (Å²) in [5.74, 6) is 1.38. The molecule has 100 valence electrons. The number of nitrogens with zero attached hydrogens (tertiary/aromatic N) is 1. The Morgan fingerprint density at radius 2 is 2.00 bits per heavy atom. The highest BCUT2D eigenvalue weighted by molar-refractivity contribution is 7.99. The van der Waals surface area contributed by atoms with Crippen LogP contribution in [0.25, 0.3) is 0 Å². The summed E-state index contributed by atoms with van der Waals surface area (Å²) >= 11 is 14.1. The van der Waals surface area contributed by atoms with E-state index in [-0.39, 0.29) is 0 Å². The van der Waals surface area contributed by atoms with Crippen LogP contribution in [0.5, 0.6) is 0 Å². The average molecular weight is 306 g/mol. The van der Waals surface area contributed by atoms with Crippen molar-refractivity contribution in [2.75, 3.05) is 23.9 Å². The molecule has 0 bridgehead atoms. The van der Waals surface area contributed by atoms with Crippen molar-refractivity contribution in [2.24, 2.45) is 0 Å². The lowest BCUT2D eigenvalue weighted by atomic mass is 10.2. The SMILES string of the molecule is CNc1nc(NC2CCC(SC)C2)c(Cl)cc1Cl. The Balaban J connectivity index is 2.09. The lowest BCUT2D eigenvalue weighted by molar-refractivity contribution is 0.752. The van der Waals surface area contributed by atoms with Crippen LogP contribution in [0.2, 0.25) is 10.0 Å². The van der Waals surface area contributed by atoms with E-state index in [0.29, 0.717) is 21.9 Å². The molecule has 0 amide bonds. The van der Waals surface area contributed by atoms with Gasteiger partial charge in [0.15, 0.2) is 0 Å². The number of nitrogens with one attached hydrogen (secondary N) is 2. The number of rotatable bonds is 4. The first-order valence-corrected chi connectivity index (χ1v) is 8.01. The Hall–Kier alpha value is -0.320. The van der Waals surface area contributed by atoms with Gasteiger partial charge in [-0.2, -0.15) is 11.8 Å². The molecule has 1 aliphatic rings. The molecule has 0 saturated heterocycles. The molecule has 2 atom stereocenters. The van der Waals surface area contributed by atoms with Crippen LogP contribution in [0, 0.1) is 0 Å². The van der Waals surface area contributed by atoms with Crippen LogP contribution in [-0.4, -0.2) is 29.6 Å². The van der Waals surface area contributed by atoms with Gasteiger partial charge < -0.3 is 10.6 Å². The standard InChI is InChI=1S/C12H17Cl2N3S/c1-15-11-9(13)6-10(14)12(17-11)16-7-3-4-8(5-7)18-2/h6-8H,3-5H2,1-2H3,(H2,15,16,17). The number of pyridine rings is 1. The van der Waals surface area contributed by atoms with Crippen molar-refractivity contribution in [3.05, 3.63) is 16.1 Å². The highest BCUT2D eigenvalue weighted by Gasteiger charge is 2.24. The normalized spacial score (nSPS) is 23.1. The molecule has 2 unspecified atom stereocenters. The van der Waals surface area contributed by atoms with E-state index in [9.17, 15) is 0 Å². The molecule has 6 heteroatoms. The number of aromatic nitrogens is 1. The van der Waals surface area contributed by atoms with E-state index in [2.05, 4.69) is 21.9 Å². The van der Waals surface area contributed by atoms with Gasteiger partial charge in [0.1, 0.15) is 11.6 Å². The molecule has 1 aliphatic carbocycles. The van der Waals surface area contributed by atoms with Crippen molar-refractivity contribution in [2.45, 2.75) is 30.6 Å². The van der Waals surface area contributed by atoms with Gasteiger partial charge in [-0.1, -0.05) is 23.2 Å². The van der Waals surface area contributed by atoms with E-state index in [1.807, 2.05) is 11.8 Å². The van der Waals surface area contributed by atoms with Crippen LogP contribution in [-0.2, 0) is 0 Å². The second-order valence-corrected chi connectivity index (χ2v) is 6.36. The molecule has 1 aromatic rings. The van der Waals surface area contributed by atoms with Crippen LogP contribution in [0.15, 0.2) is 6.07 Å². The molecule has 0 radical (unpaired) electrons. The molecular weight excluding hydrogens is 289 g/mol. The van der Waals surface area contributed by atoms with Gasteiger partial charge in [0.05, 0.1) is 10.0 Å². The zero-order valence-corrected chi connectivity index (χ0v) is 12.8. The van der Waals surface area contributed by atoms with Crippen LogP contribution >= 0.6 is 35.0 Å². The third-order valence-corrected chi connectivity index (χ3v) is 4.90. The fourth-order valence-corrected chi connectivity index (χ4v) is 3.53. The second kappa shape index (κ2) is 6.22. The Morgan fingerprint density at radius 1 is 1.28 bits per heavy atom. The van der Waals surface area contributed by atoms with Crippen molar-refractivity contribution < 1.29 is 0 Å². The molecule has 2 N–H and O–H groups in total. The predicted octanol–water partition coefficient (Wildman–Crippen LogP) is 4.13. The lowest BCUT2D eigenvalue weighted by Gasteiger charge is -2.16. The van der Waals surface area contributed by atoms with Crippen LogP contribution in [0.4, 0.5) is 11.6 Å². The Kier molecular flexibility index (Phi) is 4.87. The quantitative estimate of drug-likeness (QED) is 0.877. The fraction of sp³-hybridized carbons (Fsp3) is 0.583. The van der Waals surface area contributed by atoms with E-state index in [1.165, 1.54) is 12.8 Å². The van der Waals surface area contributed by atoms with Crippen molar-refractivity contribution in [1.29, 1.82) is 0 Å². The summed E-state index contributed by atoms with van der Waals surface area (Å²) in [6, 6.07) is 2.18. The van der Waals surface area contributed by atoms with Crippen molar-refractivity contribution in [3.63, 3.8) is 0 Å². The summed E-state index contributed by atoms with van der Waals surface area (Å²) < 4.78 is 0. The van der Waals surface area contributed by atoms with E-state index < -0.39 is 0 Å². The topological polar surface area (TPSA) is 37.0 Å². The number of anilines is 2. The monoisotopic (exact) mass is 305 g/mol. The molecule has 18 heavy (non-hydrogen) atoms. The van der Waals surface area contributed by atoms with Gasteiger partial charge in [0, 0.05) is 18.3 Å². The van der Waals surface area contributed by atoms with Gasteiger partial charge in [-0.15, -0.1) is 0 Å². The Labute approximate surface area is 122 Å². The maximum atomic E-state index is 6.16. The van der Waals surface area contributed by atoms with Crippen LogP contribution in [0.1, 0.15) is 19.3 Å². The van der Waals surface area contributed by atoms with Crippen molar-refractivity contribution in [3.8, 4) is 0 Å². The number of halogens is 2. The minimum absolute atomic E-state index is 0.457. The first kappa shape index (κ1) is 14.1. The minimum atomic E-state index is 0.457. The molecule has 3 nitrogen and oxygen atoms in total. The highest BCUT2D eigenvalue weighted by atomic mass is 35.5. The van der Waals surface area contributed by atoms with E-state index >= 15 is 0 Å². The Morgan fingerprint density at radius 3 is 2.61 bits per heavy atom. The van der Waals surface area contributed by atoms with E-state index in [1.54, 1.807) is 13.1 Å². The van der Waals surface area contributed by atoms with Gasteiger partial charge in [0.2, 0.25) is 0 Å². The summed E-state index contributed by atoms with van der Waals surface area (Å²) in [5.41, 5.74) is 0. The molecule has 0 spiro atoms. The van der Waals surface area contributed by atoms with Gasteiger partial charge in [-0.05, 0) is 31.6 Å². The summed E-state index contributed by atoms with van der Waals surface area (Å²) in [6.07, 6.45) is 5.75. The average Bonchev–Trinajstić information content (AvgIpc) is 2.80. The zero-order valence-electron chi connectivity index (χ0n) is 10.5. The maximum absolute atomic E-state index is 6.16. The molecule has 1 saturated carbocycles. The van der Waals surface area contributed by atoms with Gasteiger partial charge >= 0.3 is 0 Å². The Bertz CT molecular complexity index is 428. The van der Waals surface area contributed by atoms with Crippen LogP contribution in [0.3, 0.4) is 0 Å². The maximum Gasteiger partial charge on any atom is 0.147 e. The first-order chi connectivity index (χ1) is 8.63. The third kappa shape index (κ3) is 3.16. The fourth-order valence-electron chi connectivity index (χ4n) is 2.22. The molecule has 1 aromatic heterocycles. The summed E-state index contributed by atoms with van der Waals surface area (Å²) in [6.45, 7) is 0. The highest BCUT2D eigenvalue weighted by Crippen LogP contribution is 2.33. The zero-order chi connectivity index (χ0) is 13.1. The van der Waals surface area contributed by atoms with Gasteiger partial charge in [-0.3, -0.25) is 0 Å². The van der Waals surface area contributed by atoms with Crippen LogP contribution < -0.4 is 10.6 Å². The largest absolute Gasteiger partial charge is 0.372 e. The number of thioether (sulfide) groups is 1. The minimum Gasteiger partial charge on any atom is -0.372 e. The molecule has 2 rings (SSSR count). The van der Waals surface area contributed by atoms with Crippen molar-refractivity contribution in [1.82, 2.24) is 4.98 Å². The molecule has 0 aromatic carbocycles. The van der Waals surface area contributed by atoms with Crippen molar-refractivity contribution >= 4 is 46.6 Å². The number of hydrogen-bond donors (Lipinski definition) is 2. The molecule has 0 aliphatic heterocycles. The first-order valence-electron chi connectivity index (χ1n) is 5.97. The summed E-state index contributed by atoms with van der Waals surface area (Å²) in [7, 11) is 1.80. The third-order valence-electron chi connectivity index (χ3n) is 3.22. The molecule has 1 fully saturated rings. The molecule has 1 heterocycles. The van der Waals surface area contributed by atoms with E-state index in [0.717, 1.165) is 17.5 Å².